The summed E-state index contributed by atoms with van der Waals surface area (Å²) in [4.78, 5) is 0.288. The van der Waals surface area contributed by atoms with Crippen molar-refractivity contribution >= 4 is 39.1 Å². The number of hydrogen-bond acceptors (Lipinski definition) is 3. The molecule has 1 aromatic carbocycles. The van der Waals surface area contributed by atoms with Gasteiger partial charge in [0.25, 0.3) is 0 Å². The minimum Gasteiger partial charge on any atom is -0.484 e. The van der Waals surface area contributed by atoms with Crippen LogP contribution in [0.4, 0.5) is 0 Å². The summed E-state index contributed by atoms with van der Waals surface area (Å²) >= 11 is 15.7. The summed E-state index contributed by atoms with van der Waals surface area (Å²) in [6.07, 6.45) is 0.806. The summed E-state index contributed by atoms with van der Waals surface area (Å²) in [5, 5.41) is 1.03. The molecule has 0 spiro atoms. The predicted octanol–water partition coefficient (Wildman–Crippen LogP) is 3.94. The van der Waals surface area contributed by atoms with Gasteiger partial charge in [-0.1, -0.05) is 45.2 Å². The molecule has 1 saturated carbocycles. The van der Waals surface area contributed by atoms with E-state index in [2.05, 4.69) is 15.9 Å². The molecule has 2 rings (SSSR count). The Morgan fingerprint density at radius 1 is 1.26 bits per heavy atom. The summed E-state index contributed by atoms with van der Waals surface area (Å²) in [7, 11) is 1.65. The van der Waals surface area contributed by atoms with Crippen molar-refractivity contribution in [1.29, 1.82) is 0 Å². The normalized spacial score (nSPS) is 26.0. The third-order valence-corrected chi connectivity index (χ3v) is 4.46. The molecule has 0 N–H and O–H groups in total. The Balaban J connectivity index is 1.95. The highest BCUT2D eigenvalue weighted by molar-refractivity contribution is 9.09. The van der Waals surface area contributed by atoms with Gasteiger partial charge >= 0.3 is 0 Å². The van der Waals surface area contributed by atoms with Crippen LogP contribution in [0.15, 0.2) is 18.2 Å². The van der Waals surface area contributed by atoms with E-state index in [-0.39, 0.29) is 17.0 Å². The van der Waals surface area contributed by atoms with Gasteiger partial charge in [-0.05, 0) is 12.1 Å². The fourth-order valence-electron chi connectivity index (χ4n) is 1.87. The van der Waals surface area contributed by atoms with E-state index in [1.54, 1.807) is 25.3 Å². The molecule has 1 fully saturated rings. The van der Waals surface area contributed by atoms with Crippen LogP contribution in [0.1, 0.15) is 6.42 Å². The fourth-order valence-corrected chi connectivity index (χ4v) is 3.22. The lowest BCUT2D eigenvalue weighted by atomic mass is 9.91. The molecule has 3 unspecified atom stereocenters. The Bertz CT molecular complexity index is 410. The molecule has 1 aliphatic rings. The zero-order chi connectivity index (χ0) is 13.8. The van der Waals surface area contributed by atoms with Crippen molar-refractivity contribution in [2.24, 2.45) is 0 Å². The molecule has 0 amide bonds. The van der Waals surface area contributed by atoms with Crippen LogP contribution in [0.3, 0.4) is 0 Å². The first kappa shape index (κ1) is 15.4. The van der Waals surface area contributed by atoms with Gasteiger partial charge in [0.1, 0.15) is 12.2 Å². The van der Waals surface area contributed by atoms with Gasteiger partial charge in [0.15, 0.2) is 5.75 Å². The Labute approximate surface area is 131 Å². The molecule has 0 saturated heterocycles. The van der Waals surface area contributed by atoms with Crippen LogP contribution in [0.2, 0.25) is 10.0 Å². The molecule has 106 valence electrons. The molecule has 19 heavy (non-hydrogen) atoms. The lowest BCUT2D eigenvalue weighted by molar-refractivity contribution is -0.0865. The second-order valence-corrected chi connectivity index (χ2v) is 6.28. The van der Waals surface area contributed by atoms with E-state index >= 15 is 0 Å². The number of halogens is 3. The number of hydrogen-bond donors (Lipinski definition) is 0. The highest BCUT2D eigenvalue weighted by Crippen LogP contribution is 2.39. The molecule has 3 nitrogen and oxygen atoms in total. The van der Waals surface area contributed by atoms with Gasteiger partial charge in [0, 0.05) is 18.4 Å². The molecule has 0 heterocycles. The quantitative estimate of drug-likeness (QED) is 0.561. The summed E-state index contributed by atoms with van der Waals surface area (Å²) in [6.45, 7) is 1.11. The van der Waals surface area contributed by atoms with Gasteiger partial charge in [-0.15, -0.1) is 0 Å². The minimum atomic E-state index is -0.0429. The first-order chi connectivity index (χ1) is 9.13. The van der Waals surface area contributed by atoms with Crippen LogP contribution >= 0.6 is 39.1 Å². The molecule has 1 aromatic rings. The van der Waals surface area contributed by atoms with Crippen molar-refractivity contribution in [3.05, 3.63) is 28.2 Å². The maximum absolute atomic E-state index is 6.08. The molecule has 0 aliphatic heterocycles. The van der Waals surface area contributed by atoms with Crippen molar-refractivity contribution in [3.8, 4) is 5.75 Å². The van der Waals surface area contributed by atoms with Gasteiger partial charge in [-0.2, -0.15) is 0 Å². The Kier molecular flexibility index (Phi) is 5.78. The second kappa shape index (κ2) is 7.14. The summed E-state index contributed by atoms with van der Waals surface area (Å²) in [5.41, 5.74) is 0. The fraction of sp³-hybridized carbons (Fsp3) is 0.538. The van der Waals surface area contributed by atoms with Gasteiger partial charge < -0.3 is 14.2 Å². The summed E-state index contributed by atoms with van der Waals surface area (Å²) in [5.74, 6) is 0.524. The number of ether oxygens (including phenoxy) is 3. The van der Waals surface area contributed by atoms with E-state index in [4.69, 9.17) is 37.4 Å². The SMILES string of the molecule is COCCOC1C(Br)CC1Oc1c(Cl)cccc1Cl. The zero-order valence-corrected chi connectivity index (χ0v) is 13.5. The number of benzene rings is 1. The molecule has 1 aliphatic carbocycles. The van der Waals surface area contributed by atoms with E-state index in [0.29, 0.717) is 29.0 Å². The maximum atomic E-state index is 6.08. The number of alkyl halides is 1. The largest absolute Gasteiger partial charge is 0.484 e. The zero-order valence-electron chi connectivity index (χ0n) is 10.4. The average molecular weight is 370 g/mol. The topological polar surface area (TPSA) is 27.7 Å². The number of rotatable bonds is 6. The monoisotopic (exact) mass is 368 g/mol. The average Bonchev–Trinajstić information content (AvgIpc) is 2.37. The molecular formula is C13H15BrCl2O3. The lowest BCUT2D eigenvalue weighted by Crippen LogP contribution is -2.52. The first-order valence-electron chi connectivity index (χ1n) is 5.98. The second-order valence-electron chi connectivity index (χ2n) is 4.29. The summed E-state index contributed by atoms with van der Waals surface area (Å²) < 4.78 is 16.5. The van der Waals surface area contributed by atoms with Crippen molar-refractivity contribution < 1.29 is 14.2 Å². The van der Waals surface area contributed by atoms with E-state index in [0.717, 1.165) is 6.42 Å². The third-order valence-electron chi connectivity index (χ3n) is 2.97. The first-order valence-corrected chi connectivity index (χ1v) is 7.66. The Hall–Kier alpha value is -0.000000000000000111. The highest BCUT2D eigenvalue weighted by atomic mass is 79.9. The standard InChI is InChI=1S/C13H15BrCl2O3/c1-17-5-6-18-12-8(14)7-11(12)19-13-9(15)3-2-4-10(13)16/h2-4,8,11-12H,5-7H2,1H3. The van der Waals surface area contributed by atoms with Crippen molar-refractivity contribution in [2.75, 3.05) is 20.3 Å². The predicted molar refractivity (Wildman–Crippen MR) is 79.8 cm³/mol. The molecule has 0 bridgehead atoms. The molecule has 6 heteroatoms. The molecule has 0 radical (unpaired) electrons. The van der Waals surface area contributed by atoms with Gasteiger partial charge in [0.05, 0.1) is 23.3 Å². The minimum absolute atomic E-state index is 0.0116. The van der Waals surface area contributed by atoms with Crippen molar-refractivity contribution in [2.45, 2.75) is 23.5 Å². The van der Waals surface area contributed by atoms with Crippen LogP contribution in [-0.4, -0.2) is 37.4 Å². The van der Waals surface area contributed by atoms with Crippen LogP contribution < -0.4 is 4.74 Å². The van der Waals surface area contributed by atoms with Gasteiger partial charge in [-0.3, -0.25) is 0 Å². The molecule has 3 atom stereocenters. The molecular weight excluding hydrogens is 355 g/mol. The van der Waals surface area contributed by atoms with Crippen LogP contribution in [0.25, 0.3) is 0 Å². The Morgan fingerprint density at radius 3 is 2.53 bits per heavy atom. The highest BCUT2D eigenvalue weighted by Gasteiger charge is 2.42. The van der Waals surface area contributed by atoms with Crippen LogP contribution in [0.5, 0.6) is 5.75 Å². The lowest BCUT2D eigenvalue weighted by Gasteiger charge is -2.41. The summed E-state index contributed by atoms with van der Waals surface area (Å²) in [6, 6.07) is 5.31. The van der Waals surface area contributed by atoms with Gasteiger partial charge in [0.2, 0.25) is 0 Å². The smallest absolute Gasteiger partial charge is 0.157 e. The van der Waals surface area contributed by atoms with E-state index in [1.165, 1.54) is 0 Å². The van der Waals surface area contributed by atoms with E-state index in [9.17, 15) is 0 Å². The van der Waals surface area contributed by atoms with E-state index in [1.807, 2.05) is 0 Å². The molecule has 0 aromatic heterocycles. The third kappa shape index (κ3) is 3.76. The Morgan fingerprint density at radius 2 is 1.95 bits per heavy atom. The van der Waals surface area contributed by atoms with Crippen LogP contribution in [-0.2, 0) is 9.47 Å². The van der Waals surface area contributed by atoms with Crippen LogP contribution in [0, 0.1) is 0 Å². The number of para-hydroxylation sites is 1. The maximum Gasteiger partial charge on any atom is 0.157 e. The van der Waals surface area contributed by atoms with E-state index < -0.39 is 0 Å². The van der Waals surface area contributed by atoms with Crippen molar-refractivity contribution in [3.63, 3.8) is 0 Å². The van der Waals surface area contributed by atoms with Crippen molar-refractivity contribution in [1.82, 2.24) is 0 Å². The number of methoxy groups -OCH3 is 1. The van der Waals surface area contributed by atoms with Gasteiger partial charge in [-0.25, -0.2) is 0 Å².